The Morgan fingerprint density at radius 2 is 2.00 bits per heavy atom. The lowest BCUT2D eigenvalue weighted by Crippen LogP contribution is -2.61. The highest BCUT2D eigenvalue weighted by molar-refractivity contribution is 7.16. The summed E-state index contributed by atoms with van der Waals surface area (Å²) in [4.78, 5) is 20.5. The topological polar surface area (TPSA) is 63.7 Å². The van der Waals surface area contributed by atoms with Crippen molar-refractivity contribution >= 4 is 28.1 Å². The molecule has 2 heterocycles. The Hall–Kier alpha value is -2.26. The van der Waals surface area contributed by atoms with Crippen LogP contribution in [0, 0.1) is 23.5 Å². The zero-order valence-electron chi connectivity index (χ0n) is 19.8. The molecule has 1 aliphatic heterocycles. The normalized spacial score (nSPS) is 24.9. The van der Waals surface area contributed by atoms with Crippen LogP contribution < -0.4 is 15.0 Å². The summed E-state index contributed by atoms with van der Waals surface area (Å²) in [5.41, 5.74) is 0.136. The molecular weight excluding hydrogens is 460 g/mol. The van der Waals surface area contributed by atoms with E-state index in [2.05, 4.69) is 15.2 Å². The van der Waals surface area contributed by atoms with E-state index < -0.39 is 17.5 Å². The molecule has 6 nitrogen and oxygen atoms in total. The summed E-state index contributed by atoms with van der Waals surface area (Å²) < 4.78 is 40.7. The Balaban J connectivity index is 0.00000289. The number of aromatic nitrogens is 1. The number of amides is 1. The van der Waals surface area contributed by atoms with Crippen LogP contribution in [0.5, 0.6) is 5.75 Å². The molecule has 5 rings (SSSR count). The van der Waals surface area contributed by atoms with Gasteiger partial charge < -0.3 is 19.7 Å². The molecule has 2 aromatic rings. The number of nitrogens with one attached hydrogen (secondary N) is 1. The molecule has 1 saturated heterocycles. The Kier molecular flexibility index (Phi) is 6.27. The molecule has 3 atom stereocenters. The highest BCUT2D eigenvalue weighted by Crippen LogP contribution is 2.50. The maximum absolute atomic E-state index is 14.7. The molecule has 2 saturated carbocycles. The Morgan fingerprint density at radius 1 is 1.26 bits per heavy atom. The van der Waals surface area contributed by atoms with Gasteiger partial charge in [-0.2, -0.15) is 0 Å². The predicted molar refractivity (Wildman–Crippen MR) is 130 cm³/mol. The zero-order valence-corrected chi connectivity index (χ0v) is 20.6. The van der Waals surface area contributed by atoms with Crippen LogP contribution in [0.1, 0.15) is 62.7 Å². The first-order chi connectivity index (χ1) is 16.3. The molecule has 2 unspecified atom stereocenters. The maximum atomic E-state index is 14.7. The average Bonchev–Trinajstić information content (AvgIpc) is 3.43. The van der Waals surface area contributed by atoms with Gasteiger partial charge in [-0.1, -0.05) is 13.3 Å². The van der Waals surface area contributed by atoms with E-state index in [1.165, 1.54) is 17.8 Å². The second-order valence-corrected chi connectivity index (χ2v) is 11.1. The van der Waals surface area contributed by atoms with Gasteiger partial charge in [-0.25, -0.2) is 13.8 Å². The van der Waals surface area contributed by atoms with Crippen LogP contribution in [-0.2, 0) is 11.2 Å². The fourth-order valence-electron chi connectivity index (χ4n) is 5.09. The molecule has 34 heavy (non-hydrogen) atoms. The Labute approximate surface area is 204 Å². The lowest BCUT2D eigenvalue weighted by molar-refractivity contribution is -0.0167. The third-order valence-electron chi connectivity index (χ3n) is 7.23. The number of benzene rings is 1. The maximum Gasteiger partial charge on any atom is 0.275 e. The number of hydrogen-bond acceptors (Lipinski definition) is 6. The van der Waals surface area contributed by atoms with Crippen molar-refractivity contribution in [1.29, 1.82) is 0 Å². The number of aryl methyl sites for hydroxylation is 1. The van der Waals surface area contributed by atoms with Crippen molar-refractivity contribution in [3.63, 3.8) is 0 Å². The van der Waals surface area contributed by atoms with Gasteiger partial charge >= 0.3 is 0 Å². The molecule has 1 aromatic carbocycles. The van der Waals surface area contributed by atoms with Crippen LogP contribution in [0.4, 0.5) is 19.6 Å². The number of hydrogen-bond donors (Lipinski definition) is 1. The van der Waals surface area contributed by atoms with Crippen LogP contribution in [0.15, 0.2) is 12.1 Å². The minimum Gasteiger partial charge on any atom is -0.484 e. The van der Waals surface area contributed by atoms with Crippen molar-refractivity contribution in [3.8, 4) is 5.75 Å². The van der Waals surface area contributed by atoms with Crippen LogP contribution in [0.25, 0.3) is 0 Å². The van der Waals surface area contributed by atoms with Crippen molar-refractivity contribution in [3.05, 3.63) is 34.3 Å². The molecule has 1 amide bonds. The molecule has 0 radical (unpaired) electrons. The molecule has 3 fully saturated rings. The number of thiazole rings is 1. The summed E-state index contributed by atoms with van der Waals surface area (Å²) in [5, 5.41) is 3.38. The number of halogens is 2. The number of fused-ring (bicyclic) bond motifs is 1. The number of carbonyl (C=O) groups is 1. The van der Waals surface area contributed by atoms with Crippen molar-refractivity contribution < 1.29 is 24.5 Å². The number of carbonyl (C=O) groups excluding carboxylic acids is 1. The first kappa shape index (κ1) is 23.5. The molecule has 1 N–H and O–H groups in total. The van der Waals surface area contributed by atoms with Crippen LogP contribution in [0.2, 0.25) is 0 Å². The monoisotopic (exact) mass is 493 g/mol. The van der Waals surface area contributed by atoms with Crippen molar-refractivity contribution in [2.75, 3.05) is 30.4 Å². The SMILES string of the molecule is CCCc1sc(N2CC(C)(OC)C2)nc1C(=O)Nc1cc(F)c(O[C@H]2CCC3CC3C2)c(F)c1.[HH]. The fraction of sp³-hybridized carbons (Fsp3) is 0.600. The number of anilines is 2. The van der Waals surface area contributed by atoms with Gasteiger partial charge in [0.25, 0.3) is 5.91 Å². The van der Waals surface area contributed by atoms with E-state index >= 15 is 0 Å². The fourth-order valence-corrected chi connectivity index (χ4v) is 6.25. The minimum atomic E-state index is -0.805. The highest BCUT2D eigenvalue weighted by Gasteiger charge is 2.43. The minimum absolute atomic E-state index is 0. The van der Waals surface area contributed by atoms with Gasteiger partial charge in [0.1, 0.15) is 5.69 Å². The predicted octanol–water partition coefficient (Wildman–Crippen LogP) is 5.66. The van der Waals surface area contributed by atoms with E-state index in [1.54, 1.807) is 7.11 Å². The molecule has 3 aliphatic rings. The third-order valence-corrected chi connectivity index (χ3v) is 8.40. The molecule has 2 aliphatic carbocycles. The summed E-state index contributed by atoms with van der Waals surface area (Å²) in [5.74, 6) is -1.02. The quantitative estimate of drug-likeness (QED) is 0.514. The summed E-state index contributed by atoms with van der Waals surface area (Å²) in [6.45, 7) is 5.46. The van der Waals surface area contributed by atoms with Gasteiger partial charge in [0, 0.05) is 31.2 Å². The van der Waals surface area contributed by atoms with E-state index in [9.17, 15) is 13.6 Å². The largest absolute Gasteiger partial charge is 0.484 e. The summed E-state index contributed by atoms with van der Waals surface area (Å²) in [7, 11) is 1.69. The average molecular weight is 494 g/mol. The van der Waals surface area contributed by atoms with Gasteiger partial charge in [-0.05, 0) is 50.9 Å². The van der Waals surface area contributed by atoms with Gasteiger partial charge in [0.15, 0.2) is 22.5 Å². The third kappa shape index (κ3) is 4.64. The summed E-state index contributed by atoms with van der Waals surface area (Å²) in [6.07, 6.45) is 5.35. The van der Waals surface area contributed by atoms with E-state index in [0.29, 0.717) is 31.1 Å². The Morgan fingerprint density at radius 3 is 2.65 bits per heavy atom. The van der Waals surface area contributed by atoms with Gasteiger partial charge in [-0.3, -0.25) is 4.79 Å². The first-order valence-electron chi connectivity index (χ1n) is 12.1. The van der Waals surface area contributed by atoms with Crippen molar-refractivity contribution in [1.82, 2.24) is 4.98 Å². The summed E-state index contributed by atoms with van der Waals surface area (Å²) >= 11 is 1.48. The standard InChI is InChI=1S/C25H31F2N3O3S.H2/c1-4-5-20-21(29-24(34-20)30-12-25(2,13-30)32-3)23(31)28-16-10-18(26)22(19(27)11-16)33-17-7-6-14-8-15(14)9-17;/h10-11,14-15,17H,4-9,12-13H2,1-3H3,(H,28,31);1H/t14?,15?,17-;/m0./s1. The second kappa shape index (κ2) is 9.07. The second-order valence-electron chi connectivity index (χ2n) is 10.1. The molecule has 186 valence electrons. The van der Waals surface area contributed by atoms with Gasteiger partial charge in [0.2, 0.25) is 0 Å². The van der Waals surface area contributed by atoms with E-state index in [1.807, 2.05) is 13.8 Å². The summed E-state index contributed by atoms with van der Waals surface area (Å²) in [6, 6.07) is 2.23. The highest BCUT2D eigenvalue weighted by atomic mass is 32.1. The molecule has 1 aromatic heterocycles. The number of nitrogens with zero attached hydrogens (tertiary/aromatic N) is 2. The molecular formula is C25H33F2N3O3S. The van der Waals surface area contributed by atoms with Crippen LogP contribution in [-0.4, -0.2) is 42.8 Å². The van der Waals surface area contributed by atoms with E-state index in [-0.39, 0.29) is 24.6 Å². The molecule has 0 spiro atoms. The van der Waals surface area contributed by atoms with Crippen LogP contribution in [0.3, 0.4) is 0 Å². The van der Waals surface area contributed by atoms with Crippen LogP contribution >= 0.6 is 11.3 Å². The number of methoxy groups -OCH3 is 1. The van der Waals surface area contributed by atoms with Gasteiger partial charge in [-0.15, -0.1) is 11.3 Å². The lowest BCUT2D eigenvalue weighted by atomic mass is 9.97. The van der Waals surface area contributed by atoms with Crippen molar-refractivity contribution in [2.45, 2.75) is 64.1 Å². The Bertz CT molecular complexity index is 1070. The first-order valence-corrected chi connectivity index (χ1v) is 12.9. The molecule has 0 bridgehead atoms. The number of ether oxygens (including phenoxy) is 2. The van der Waals surface area contributed by atoms with Crippen molar-refractivity contribution in [2.24, 2.45) is 11.8 Å². The zero-order chi connectivity index (χ0) is 24.0. The van der Waals surface area contributed by atoms with E-state index in [0.717, 1.165) is 53.7 Å². The van der Waals surface area contributed by atoms with E-state index in [4.69, 9.17) is 9.47 Å². The smallest absolute Gasteiger partial charge is 0.275 e. The lowest BCUT2D eigenvalue weighted by Gasteiger charge is -2.46. The molecule has 9 heteroatoms. The van der Waals surface area contributed by atoms with Gasteiger partial charge in [0.05, 0.1) is 24.8 Å². The number of rotatable bonds is 8.